The van der Waals surface area contributed by atoms with Crippen LogP contribution < -0.4 is 44.3 Å². The highest BCUT2D eigenvalue weighted by Crippen LogP contribution is 2.08. The molecule has 276 valence electrons. The first-order chi connectivity index (χ1) is 24.2. The van der Waals surface area contributed by atoms with Crippen LogP contribution in [0, 0.1) is 0 Å². The molecule has 0 aliphatic heterocycles. The van der Waals surface area contributed by atoms with Gasteiger partial charge in [0.2, 0.25) is 17.7 Å². The first kappa shape index (κ1) is 42.0. The molecule has 3 aromatic rings. The number of hydrogen-bond donors (Lipinski definition) is 6. The Labute approximate surface area is 305 Å². The molecule has 0 unspecified atom stereocenters. The third-order valence-electron chi connectivity index (χ3n) is 7.62. The number of likely N-dealkylation sites (N-methyl/N-ethyl adjacent to an activating group) is 1. The standard InChI is InChI=1S/C37H48N6O7.ClH/c1-27(41-37(48)50-26-30-18-10-5-11-19-30)33(44)43-32(24-28-14-6-3-7-15-28)35(46)42-31(34(45)39-23-22-38-2)20-12-13-21-40-36(47)49-25-29-16-8-4-9-17-29;/h3-11,14-19,27,31-32,38H,12-13,20-26H2,1-2H3,(H,39,45)(H,40,47)(H,41,48)(H,42,46)(H,43,44);1H/t27-,31+,32+;/m1./s1. The summed E-state index contributed by atoms with van der Waals surface area (Å²) in [4.78, 5) is 64.5. The van der Waals surface area contributed by atoms with Crippen LogP contribution in [0.5, 0.6) is 0 Å². The van der Waals surface area contributed by atoms with Crippen LogP contribution in [0.25, 0.3) is 0 Å². The molecular formula is C37H49ClN6O7. The first-order valence-corrected chi connectivity index (χ1v) is 16.9. The minimum Gasteiger partial charge on any atom is -1.00 e. The van der Waals surface area contributed by atoms with Crippen molar-refractivity contribution in [1.29, 1.82) is 0 Å². The van der Waals surface area contributed by atoms with Crippen LogP contribution in [-0.4, -0.2) is 74.7 Å². The van der Waals surface area contributed by atoms with Crippen LogP contribution in [0.3, 0.4) is 0 Å². The molecule has 0 saturated carbocycles. The summed E-state index contributed by atoms with van der Waals surface area (Å²) >= 11 is 0. The van der Waals surface area contributed by atoms with E-state index in [2.05, 4.69) is 26.6 Å². The molecule has 0 radical (unpaired) electrons. The number of halogens is 1. The van der Waals surface area contributed by atoms with Crippen molar-refractivity contribution in [3.8, 4) is 0 Å². The lowest BCUT2D eigenvalue weighted by Crippen LogP contribution is -3.00. The highest BCUT2D eigenvalue weighted by molar-refractivity contribution is 5.93. The van der Waals surface area contributed by atoms with Crippen LogP contribution in [0.1, 0.15) is 42.9 Å². The van der Waals surface area contributed by atoms with Gasteiger partial charge in [-0.3, -0.25) is 14.4 Å². The minimum absolute atomic E-state index is 0. The fourth-order valence-electron chi connectivity index (χ4n) is 4.80. The third-order valence-corrected chi connectivity index (χ3v) is 7.62. The molecule has 51 heavy (non-hydrogen) atoms. The average molecular weight is 725 g/mol. The Hall–Kier alpha value is -5.14. The molecule has 0 fully saturated rings. The average Bonchev–Trinajstić information content (AvgIpc) is 3.13. The van der Waals surface area contributed by atoms with Gasteiger partial charge in [0.1, 0.15) is 31.3 Å². The molecule has 0 heterocycles. The maximum absolute atomic E-state index is 13.7. The number of quaternary nitrogens is 1. The third kappa shape index (κ3) is 16.9. The van der Waals surface area contributed by atoms with Gasteiger partial charge in [-0.15, -0.1) is 0 Å². The zero-order valence-electron chi connectivity index (χ0n) is 29.1. The van der Waals surface area contributed by atoms with Crippen molar-refractivity contribution >= 4 is 29.9 Å². The lowest BCUT2D eigenvalue weighted by atomic mass is 10.0. The van der Waals surface area contributed by atoms with Gasteiger partial charge in [-0.1, -0.05) is 91.0 Å². The van der Waals surface area contributed by atoms with Gasteiger partial charge in [-0.2, -0.15) is 0 Å². The van der Waals surface area contributed by atoms with Crippen molar-refractivity contribution in [2.75, 3.05) is 26.7 Å². The number of nitrogens with two attached hydrogens (primary N) is 1. The van der Waals surface area contributed by atoms with E-state index in [1.54, 1.807) is 0 Å². The van der Waals surface area contributed by atoms with Gasteiger partial charge in [-0.25, -0.2) is 9.59 Å². The van der Waals surface area contributed by atoms with E-state index >= 15 is 0 Å². The maximum Gasteiger partial charge on any atom is 0.408 e. The van der Waals surface area contributed by atoms with Crippen molar-refractivity contribution in [1.82, 2.24) is 26.6 Å². The summed E-state index contributed by atoms with van der Waals surface area (Å²) in [5, 5.41) is 15.5. The van der Waals surface area contributed by atoms with E-state index in [4.69, 9.17) is 9.47 Å². The summed E-state index contributed by atoms with van der Waals surface area (Å²) in [7, 11) is 1.89. The summed E-state index contributed by atoms with van der Waals surface area (Å²) < 4.78 is 10.5. The largest absolute Gasteiger partial charge is 1.00 e. The molecule has 3 atom stereocenters. The van der Waals surface area contributed by atoms with Gasteiger partial charge in [0, 0.05) is 13.0 Å². The number of ether oxygens (including phenoxy) is 2. The minimum atomic E-state index is -1.05. The Morgan fingerprint density at radius 3 is 1.71 bits per heavy atom. The van der Waals surface area contributed by atoms with Crippen LogP contribution in [-0.2, 0) is 43.5 Å². The van der Waals surface area contributed by atoms with Gasteiger partial charge >= 0.3 is 12.2 Å². The van der Waals surface area contributed by atoms with E-state index in [9.17, 15) is 24.0 Å². The lowest BCUT2D eigenvalue weighted by molar-refractivity contribution is -0.624. The number of carbonyl (C=O) groups excluding carboxylic acids is 5. The van der Waals surface area contributed by atoms with E-state index in [1.807, 2.05) is 103 Å². The SMILES string of the molecule is C[NH2+]CCNC(=O)[C@H](CCCCNC(=O)OCc1ccccc1)NC(=O)[C@H](Cc1ccccc1)NC(=O)[C@@H](C)NC(=O)OCc1ccccc1.[Cl-]. The van der Waals surface area contributed by atoms with Crippen LogP contribution in [0.15, 0.2) is 91.0 Å². The summed E-state index contributed by atoms with van der Waals surface area (Å²) in [6, 6.07) is 24.7. The van der Waals surface area contributed by atoms with Gasteiger partial charge in [0.15, 0.2) is 0 Å². The zero-order valence-corrected chi connectivity index (χ0v) is 29.8. The fraction of sp³-hybridized carbons (Fsp3) is 0.378. The molecule has 0 aromatic heterocycles. The fourth-order valence-corrected chi connectivity index (χ4v) is 4.80. The zero-order chi connectivity index (χ0) is 36.0. The van der Waals surface area contributed by atoms with Crippen molar-refractivity contribution in [2.45, 2.75) is 63.9 Å². The summed E-state index contributed by atoms with van der Waals surface area (Å²) in [5.41, 5.74) is 2.46. The molecule has 0 bridgehead atoms. The second-order valence-electron chi connectivity index (χ2n) is 11.7. The van der Waals surface area contributed by atoms with E-state index in [1.165, 1.54) is 6.92 Å². The van der Waals surface area contributed by atoms with Crippen molar-refractivity contribution in [3.63, 3.8) is 0 Å². The maximum atomic E-state index is 13.7. The highest BCUT2D eigenvalue weighted by Gasteiger charge is 2.28. The predicted octanol–water partition coefficient (Wildman–Crippen LogP) is -1.08. The number of nitrogens with one attached hydrogen (secondary N) is 5. The Morgan fingerprint density at radius 2 is 1.14 bits per heavy atom. The second kappa shape index (κ2) is 24.1. The topological polar surface area (TPSA) is 181 Å². The molecule has 7 N–H and O–H groups in total. The Balaban J connectivity index is 0.00000901. The molecule has 3 rings (SSSR count). The van der Waals surface area contributed by atoms with Crippen molar-refractivity contribution < 1.29 is 51.2 Å². The molecule has 0 aliphatic carbocycles. The number of benzene rings is 3. The number of amides is 5. The first-order valence-electron chi connectivity index (χ1n) is 16.9. The summed E-state index contributed by atoms with van der Waals surface area (Å²) in [6.45, 7) is 3.07. The van der Waals surface area contributed by atoms with Gasteiger partial charge in [0.25, 0.3) is 0 Å². The summed E-state index contributed by atoms with van der Waals surface area (Å²) in [6.07, 6.45) is 0.180. The number of hydrogen-bond acceptors (Lipinski definition) is 7. The number of alkyl carbamates (subject to hydrolysis) is 2. The monoisotopic (exact) mass is 724 g/mol. The molecule has 0 saturated heterocycles. The van der Waals surface area contributed by atoms with Crippen molar-refractivity contribution in [2.24, 2.45) is 0 Å². The molecule has 5 amide bonds. The number of carbonyl (C=O) groups is 5. The second-order valence-corrected chi connectivity index (χ2v) is 11.7. The molecular weight excluding hydrogens is 676 g/mol. The predicted molar refractivity (Wildman–Crippen MR) is 187 cm³/mol. The Kier molecular flexibility index (Phi) is 19.8. The normalized spacial score (nSPS) is 12.1. The van der Waals surface area contributed by atoms with E-state index in [-0.39, 0.29) is 37.9 Å². The van der Waals surface area contributed by atoms with E-state index in [0.29, 0.717) is 38.9 Å². The molecule has 13 nitrogen and oxygen atoms in total. The molecule has 14 heteroatoms. The highest BCUT2D eigenvalue weighted by atomic mass is 35.5. The van der Waals surface area contributed by atoms with Crippen LogP contribution in [0.2, 0.25) is 0 Å². The van der Waals surface area contributed by atoms with Gasteiger partial charge in [0.05, 0.1) is 20.1 Å². The molecule has 3 aromatic carbocycles. The van der Waals surface area contributed by atoms with E-state index < -0.39 is 42.1 Å². The van der Waals surface area contributed by atoms with Gasteiger partial charge < -0.3 is 53.8 Å². The van der Waals surface area contributed by atoms with Crippen LogP contribution in [0.4, 0.5) is 9.59 Å². The van der Waals surface area contributed by atoms with Crippen molar-refractivity contribution in [3.05, 3.63) is 108 Å². The smallest absolute Gasteiger partial charge is 0.408 e. The molecule has 0 spiro atoms. The van der Waals surface area contributed by atoms with Crippen LogP contribution >= 0.6 is 0 Å². The lowest BCUT2D eigenvalue weighted by Gasteiger charge is -2.24. The Morgan fingerprint density at radius 1 is 0.608 bits per heavy atom. The Bertz CT molecular complexity index is 1480. The quantitative estimate of drug-likeness (QED) is 0.0803. The van der Waals surface area contributed by atoms with E-state index in [0.717, 1.165) is 16.7 Å². The number of rotatable bonds is 20. The summed E-state index contributed by atoms with van der Waals surface area (Å²) in [5.74, 6) is -1.50. The molecule has 0 aliphatic rings. The van der Waals surface area contributed by atoms with Gasteiger partial charge in [-0.05, 0) is 42.9 Å². The number of unbranched alkanes of at least 4 members (excludes halogenated alkanes) is 1.